The zero-order chi connectivity index (χ0) is 15.7. The fourth-order valence-corrected chi connectivity index (χ4v) is 3.93. The number of aromatic amines is 1. The minimum Gasteiger partial charge on any atom is -0.275 e. The molecule has 8 heteroatoms. The number of benzene rings is 1. The molecule has 5 nitrogen and oxygen atoms in total. The molecule has 0 aliphatic heterocycles. The first-order valence-corrected chi connectivity index (χ1v) is 8.70. The van der Waals surface area contributed by atoms with Crippen molar-refractivity contribution >= 4 is 27.2 Å². The van der Waals surface area contributed by atoms with Crippen LogP contribution in [-0.4, -0.2) is 18.6 Å². The van der Waals surface area contributed by atoms with Crippen LogP contribution in [0.5, 0.6) is 0 Å². The van der Waals surface area contributed by atoms with Gasteiger partial charge in [0.2, 0.25) is 0 Å². The Balaban J connectivity index is 1.90. The summed E-state index contributed by atoms with van der Waals surface area (Å²) in [4.78, 5) is 0.841. The number of H-pyrrole nitrogens is 1. The number of anilines is 1. The van der Waals surface area contributed by atoms with Gasteiger partial charge in [-0.1, -0.05) is 12.1 Å². The van der Waals surface area contributed by atoms with Crippen molar-refractivity contribution in [2.75, 3.05) is 4.72 Å². The monoisotopic (exact) mass is 337 g/mol. The number of sulfonamides is 1. The summed E-state index contributed by atoms with van der Waals surface area (Å²) < 4.78 is 40.3. The lowest BCUT2D eigenvalue weighted by atomic mass is 10.2. The summed E-state index contributed by atoms with van der Waals surface area (Å²) in [5.41, 5.74) is 1.17. The zero-order valence-corrected chi connectivity index (χ0v) is 13.1. The molecule has 2 heterocycles. The molecule has 0 atom stereocenters. The Kier molecular flexibility index (Phi) is 3.71. The number of nitrogens with one attached hydrogen (secondary N) is 2. The second kappa shape index (κ2) is 5.54. The number of thiophene rings is 1. The molecule has 2 aromatic heterocycles. The molecule has 0 unspecified atom stereocenters. The van der Waals surface area contributed by atoms with Crippen molar-refractivity contribution in [3.05, 3.63) is 53.2 Å². The molecule has 22 heavy (non-hydrogen) atoms. The highest BCUT2D eigenvalue weighted by Gasteiger charge is 2.19. The Labute approximate surface area is 130 Å². The van der Waals surface area contributed by atoms with Crippen LogP contribution in [0, 0.1) is 12.7 Å². The van der Waals surface area contributed by atoms with Crippen molar-refractivity contribution in [3.8, 4) is 10.6 Å². The first-order valence-electron chi connectivity index (χ1n) is 6.34. The van der Waals surface area contributed by atoms with Gasteiger partial charge in [0.25, 0.3) is 10.0 Å². The maximum atomic E-state index is 13.3. The van der Waals surface area contributed by atoms with E-state index in [9.17, 15) is 12.8 Å². The molecule has 0 fully saturated rings. The van der Waals surface area contributed by atoms with Crippen molar-refractivity contribution < 1.29 is 12.8 Å². The van der Waals surface area contributed by atoms with Gasteiger partial charge >= 0.3 is 0 Å². The topological polar surface area (TPSA) is 74.8 Å². The summed E-state index contributed by atoms with van der Waals surface area (Å²) in [6.07, 6.45) is 0. The molecule has 0 saturated heterocycles. The van der Waals surface area contributed by atoms with Crippen molar-refractivity contribution in [1.29, 1.82) is 0 Å². The summed E-state index contributed by atoms with van der Waals surface area (Å²) in [6, 6.07) is 9.01. The van der Waals surface area contributed by atoms with Gasteiger partial charge in [0.1, 0.15) is 5.82 Å². The fourth-order valence-electron chi connectivity index (χ4n) is 1.99. The molecule has 0 aliphatic rings. The van der Waals surface area contributed by atoms with Gasteiger partial charge in [-0.3, -0.25) is 9.82 Å². The first kappa shape index (κ1) is 14.7. The van der Waals surface area contributed by atoms with Crippen LogP contribution in [0.1, 0.15) is 5.56 Å². The Bertz CT molecular complexity index is 902. The van der Waals surface area contributed by atoms with E-state index in [4.69, 9.17) is 0 Å². The normalized spacial score (nSPS) is 11.5. The van der Waals surface area contributed by atoms with Gasteiger partial charge in [-0.05, 0) is 36.1 Å². The van der Waals surface area contributed by atoms with Gasteiger partial charge in [-0.2, -0.15) is 5.10 Å². The second-order valence-electron chi connectivity index (χ2n) is 4.66. The van der Waals surface area contributed by atoms with E-state index >= 15 is 0 Å². The van der Waals surface area contributed by atoms with Gasteiger partial charge in [0.15, 0.2) is 5.82 Å². The van der Waals surface area contributed by atoms with Crippen LogP contribution < -0.4 is 4.72 Å². The molecule has 0 aliphatic carbocycles. The highest BCUT2D eigenvalue weighted by atomic mass is 32.2. The molecule has 0 spiro atoms. The average molecular weight is 337 g/mol. The standard InChI is InChI=1S/C14H12FN3O2S2/c1-9-4-5-10(15)7-13(9)22(19,20)18-14-8-11(16-17-14)12-3-2-6-21-12/h2-8H,1H3,(H2,16,17,18). The summed E-state index contributed by atoms with van der Waals surface area (Å²) in [5.74, 6) is -0.445. The molecule has 114 valence electrons. The number of aryl methyl sites for hydroxylation is 1. The van der Waals surface area contributed by atoms with Gasteiger partial charge in [0, 0.05) is 6.07 Å². The lowest BCUT2D eigenvalue weighted by Crippen LogP contribution is -2.14. The SMILES string of the molecule is Cc1ccc(F)cc1S(=O)(=O)Nc1cc(-c2cccs2)[nH]n1. The third-order valence-electron chi connectivity index (χ3n) is 3.04. The zero-order valence-electron chi connectivity index (χ0n) is 11.5. The maximum Gasteiger partial charge on any atom is 0.263 e. The van der Waals surface area contributed by atoms with Crippen molar-refractivity contribution in [2.45, 2.75) is 11.8 Å². The summed E-state index contributed by atoms with van der Waals surface area (Å²) >= 11 is 1.51. The smallest absolute Gasteiger partial charge is 0.263 e. The van der Waals surface area contributed by atoms with Crippen LogP contribution in [0.2, 0.25) is 0 Å². The third-order valence-corrected chi connectivity index (χ3v) is 5.44. The van der Waals surface area contributed by atoms with Gasteiger partial charge in [-0.15, -0.1) is 11.3 Å². The average Bonchev–Trinajstić information content (AvgIpc) is 3.11. The second-order valence-corrected chi connectivity index (χ2v) is 7.26. The maximum absolute atomic E-state index is 13.3. The third kappa shape index (κ3) is 2.88. The van der Waals surface area contributed by atoms with Crippen molar-refractivity contribution in [2.24, 2.45) is 0 Å². The Morgan fingerprint density at radius 1 is 1.27 bits per heavy atom. The first-order chi connectivity index (χ1) is 10.5. The van der Waals surface area contributed by atoms with E-state index < -0.39 is 15.8 Å². The number of aromatic nitrogens is 2. The van der Waals surface area contributed by atoms with E-state index in [1.165, 1.54) is 23.5 Å². The van der Waals surface area contributed by atoms with Gasteiger partial charge in [0.05, 0.1) is 15.5 Å². The molecule has 0 saturated carbocycles. The number of nitrogens with zero attached hydrogens (tertiary/aromatic N) is 1. The van der Waals surface area contributed by atoms with E-state index in [0.29, 0.717) is 11.3 Å². The van der Waals surface area contributed by atoms with E-state index in [2.05, 4.69) is 14.9 Å². The Morgan fingerprint density at radius 2 is 2.09 bits per heavy atom. The molecule has 0 radical (unpaired) electrons. The predicted molar refractivity (Wildman–Crippen MR) is 83.8 cm³/mol. The van der Waals surface area contributed by atoms with Crippen LogP contribution in [-0.2, 0) is 10.0 Å². The van der Waals surface area contributed by atoms with Gasteiger partial charge < -0.3 is 0 Å². The number of halogens is 1. The molecule has 0 bridgehead atoms. The summed E-state index contributed by atoms with van der Waals surface area (Å²) in [7, 11) is -3.89. The van der Waals surface area contributed by atoms with Crippen LogP contribution in [0.4, 0.5) is 10.2 Å². The largest absolute Gasteiger partial charge is 0.275 e. The molecule has 1 aromatic carbocycles. The lowest BCUT2D eigenvalue weighted by molar-refractivity contribution is 0.594. The lowest BCUT2D eigenvalue weighted by Gasteiger charge is -2.08. The summed E-state index contributed by atoms with van der Waals surface area (Å²) in [6.45, 7) is 1.61. The molecular weight excluding hydrogens is 325 g/mol. The van der Waals surface area contributed by atoms with E-state index in [-0.39, 0.29) is 10.7 Å². The molecule has 2 N–H and O–H groups in total. The van der Waals surface area contributed by atoms with Crippen LogP contribution in [0.25, 0.3) is 10.6 Å². The Morgan fingerprint density at radius 3 is 2.82 bits per heavy atom. The Hall–Kier alpha value is -2.19. The highest BCUT2D eigenvalue weighted by Crippen LogP contribution is 2.26. The summed E-state index contributed by atoms with van der Waals surface area (Å²) in [5, 5.41) is 8.61. The quantitative estimate of drug-likeness (QED) is 0.766. The molecule has 3 rings (SSSR count). The van der Waals surface area contributed by atoms with Gasteiger partial charge in [-0.25, -0.2) is 12.8 Å². The van der Waals surface area contributed by atoms with E-state index in [1.807, 2.05) is 17.5 Å². The highest BCUT2D eigenvalue weighted by molar-refractivity contribution is 7.92. The fraction of sp³-hybridized carbons (Fsp3) is 0.0714. The van der Waals surface area contributed by atoms with E-state index in [0.717, 1.165) is 10.9 Å². The molecular formula is C14H12FN3O2S2. The minimum atomic E-state index is -3.89. The predicted octanol–water partition coefficient (Wildman–Crippen LogP) is 3.39. The van der Waals surface area contributed by atoms with Crippen LogP contribution in [0.15, 0.2) is 46.7 Å². The van der Waals surface area contributed by atoms with Crippen molar-refractivity contribution in [1.82, 2.24) is 10.2 Å². The molecule has 3 aromatic rings. The van der Waals surface area contributed by atoms with Crippen molar-refractivity contribution in [3.63, 3.8) is 0 Å². The number of rotatable bonds is 4. The molecule has 0 amide bonds. The number of hydrogen-bond acceptors (Lipinski definition) is 4. The number of hydrogen-bond donors (Lipinski definition) is 2. The minimum absolute atomic E-state index is 0.104. The van der Waals surface area contributed by atoms with E-state index in [1.54, 1.807) is 13.0 Å². The van der Waals surface area contributed by atoms with Crippen LogP contribution in [0.3, 0.4) is 0 Å². The van der Waals surface area contributed by atoms with Crippen LogP contribution >= 0.6 is 11.3 Å².